The van der Waals surface area contributed by atoms with Gasteiger partial charge in [-0.1, -0.05) is 18.2 Å². The summed E-state index contributed by atoms with van der Waals surface area (Å²) >= 11 is 0. The summed E-state index contributed by atoms with van der Waals surface area (Å²) in [6, 6.07) is 17.2. The van der Waals surface area contributed by atoms with E-state index in [1.54, 1.807) is 0 Å². The number of anilines is 2. The molecule has 2 aromatic rings. The van der Waals surface area contributed by atoms with Crippen molar-refractivity contribution in [1.29, 1.82) is 0 Å². The predicted octanol–water partition coefficient (Wildman–Crippen LogP) is 3.53. The number of amides is 1. The lowest BCUT2D eigenvalue weighted by atomic mass is 10.3. The standard InChI is InChI=1S/C17H20N2O2/c1-2-21-16-10-8-15(9-11-16)19-17(20)12-13-18-14-6-4-3-5-7-14/h3-11,18H,2,12-13H2,1H3,(H,19,20). The molecule has 1 amide bonds. The molecule has 4 heteroatoms. The lowest BCUT2D eigenvalue weighted by Gasteiger charge is -2.08. The van der Waals surface area contributed by atoms with Crippen LogP contribution in [-0.2, 0) is 4.79 Å². The molecule has 4 nitrogen and oxygen atoms in total. The van der Waals surface area contributed by atoms with Gasteiger partial charge < -0.3 is 15.4 Å². The summed E-state index contributed by atoms with van der Waals surface area (Å²) in [5.41, 5.74) is 1.80. The van der Waals surface area contributed by atoms with Gasteiger partial charge in [0.2, 0.25) is 5.91 Å². The van der Waals surface area contributed by atoms with Crippen LogP contribution in [0.15, 0.2) is 54.6 Å². The first kappa shape index (κ1) is 14.9. The fraction of sp³-hybridized carbons (Fsp3) is 0.235. The van der Waals surface area contributed by atoms with Crippen LogP contribution in [0.1, 0.15) is 13.3 Å². The van der Waals surface area contributed by atoms with Crippen molar-refractivity contribution in [3.8, 4) is 5.75 Å². The van der Waals surface area contributed by atoms with Gasteiger partial charge in [0.1, 0.15) is 5.75 Å². The lowest BCUT2D eigenvalue weighted by molar-refractivity contribution is -0.115. The molecule has 21 heavy (non-hydrogen) atoms. The molecule has 0 fully saturated rings. The van der Waals surface area contributed by atoms with Crippen molar-refractivity contribution in [2.75, 3.05) is 23.8 Å². The third-order valence-electron chi connectivity index (χ3n) is 2.90. The Morgan fingerprint density at radius 3 is 2.38 bits per heavy atom. The molecule has 0 aliphatic carbocycles. The van der Waals surface area contributed by atoms with E-state index in [1.807, 2.05) is 61.5 Å². The molecule has 0 aliphatic rings. The van der Waals surface area contributed by atoms with Gasteiger partial charge in [-0.2, -0.15) is 0 Å². The van der Waals surface area contributed by atoms with Crippen LogP contribution < -0.4 is 15.4 Å². The quantitative estimate of drug-likeness (QED) is 0.818. The van der Waals surface area contributed by atoms with Gasteiger partial charge in [0.15, 0.2) is 0 Å². The summed E-state index contributed by atoms with van der Waals surface area (Å²) in [7, 11) is 0. The highest BCUT2D eigenvalue weighted by atomic mass is 16.5. The maximum Gasteiger partial charge on any atom is 0.226 e. The van der Waals surface area contributed by atoms with Crippen LogP contribution in [0.5, 0.6) is 5.75 Å². The van der Waals surface area contributed by atoms with Gasteiger partial charge in [-0.3, -0.25) is 4.79 Å². The third kappa shape index (κ3) is 5.18. The molecule has 0 unspecified atom stereocenters. The highest BCUT2D eigenvalue weighted by Crippen LogP contribution is 2.15. The number of hydrogen-bond donors (Lipinski definition) is 2. The summed E-state index contributed by atoms with van der Waals surface area (Å²) in [6.07, 6.45) is 0.419. The normalized spacial score (nSPS) is 9.95. The summed E-state index contributed by atoms with van der Waals surface area (Å²) in [5.74, 6) is 0.795. The number of rotatable bonds is 7. The van der Waals surface area contributed by atoms with E-state index in [1.165, 1.54) is 0 Å². The molecule has 2 N–H and O–H groups in total. The smallest absolute Gasteiger partial charge is 0.226 e. The summed E-state index contributed by atoms with van der Waals surface area (Å²) < 4.78 is 5.36. The second kappa shape index (κ2) is 7.94. The molecule has 0 spiro atoms. The van der Waals surface area contributed by atoms with Gasteiger partial charge >= 0.3 is 0 Å². The first-order chi connectivity index (χ1) is 10.3. The van der Waals surface area contributed by atoms with Gasteiger partial charge in [0, 0.05) is 24.3 Å². The Morgan fingerprint density at radius 2 is 1.71 bits per heavy atom. The van der Waals surface area contributed by atoms with Gasteiger partial charge in [-0.15, -0.1) is 0 Å². The number of carbonyl (C=O) groups is 1. The van der Waals surface area contributed by atoms with Crippen LogP contribution in [0.3, 0.4) is 0 Å². The maximum absolute atomic E-state index is 11.8. The highest BCUT2D eigenvalue weighted by Gasteiger charge is 2.02. The molecule has 0 saturated carbocycles. The molecule has 0 aliphatic heterocycles. The Balaban J connectivity index is 1.74. The molecule has 2 aromatic carbocycles. The minimum Gasteiger partial charge on any atom is -0.494 e. The van der Waals surface area contributed by atoms with Crippen LogP contribution in [0.4, 0.5) is 11.4 Å². The Bertz CT molecular complexity index is 553. The van der Waals surface area contributed by atoms with Crippen molar-refractivity contribution in [3.05, 3.63) is 54.6 Å². The number of ether oxygens (including phenoxy) is 1. The van der Waals surface area contributed by atoms with Crippen molar-refractivity contribution in [1.82, 2.24) is 0 Å². The molecule has 0 aromatic heterocycles. The maximum atomic E-state index is 11.8. The Morgan fingerprint density at radius 1 is 1.00 bits per heavy atom. The molecule has 2 rings (SSSR count). The minimum absolute atomic E-state index is 0.0115. The Kier molecular flexibility index (Phi) is 5.64. The summed E-state index contributed by atoms with van der Waals surface area (Å²) in [6.45, 7) is 3.18. The number of carbonyl (C=O) groups excluding carboxylic acids is 1. The third-order valence-corrected chi connectivity index (χ3v) is 2.90. The lowest BCUT2D eigenvalue weighted by Crippen LogP contribution is -2.16. The number of nitrogens with one attached hydrogen (secondary N) is 2. The van der Waals surface area contributed by atoms with E-state index in [0.29, 0.717) is 19.6 Å². The number of benzene rings is 2. The van der Waals surface area contributed by atoms with Gasteiger partial charge in [-0.05, 0) is 43.3 Å². The van der Waals surface area contributed by atoms with Crippen molar-refractivity contribution in [3.63, 3.8) is 0 Å². The molecular weight excluding hydrogens is 264 g/mol. The summed E-state index contributed by atoms with van der Waals surface area (Å²) in [4.78, 5) is 11.8. The average molecular weight is 284 g/mol. The van der Waals surface area contributed by atoms with Crippen LogP contribution in [-0.4, -0.2) is 19.1 Å². The Hall–Kier alpha value is -2.49. The molecule has 0 heterocycles. The van der Waals surface area contributed by atoms with E-state index >= 15 is 0 Å². The fourth-order valence-corrected chi connectivity index (χ4v) is 1.90. The highest BCUT2D eigenvalue weighted by molar-refractivity contribution is 5.91. The van der Waals surface area contributed by atoms with Crippen molar-refractivity contribution >= 4 is 17.3 Å². The molecular formula is C17H20N2O2. The largest absolute Gasteiger partial charge is 0.494 e. The van der Waals surface area contributed by atoms with E-state index < -0.39 is 0 Å². The minimum atomic E-state index is -0.0115. The molecule has 110 valence electrons. The average Bonchev–Trinajstić information content (AvgIpc) is 2.51. The van der Waals surface area contributed by atoms with Gasteiger partial charge in [-0.25, -0.2) is 0 Å². The van der Waals surface area contributed by atoms with Crippen molar-refractivity contribution < 1.29 is 9.53 Å². The van der Waals surface area contributed by atoms with E-state index in [0.717, 1.165) is 17.1 Å². The summed E-state index contributed by atoms with van der Waals surface area (Å²) in [5, 5.41) is 6.07. The predicted molar refractivity (Wildman–Crippen MR) is 85.8 cm³/mol. The van der Waals surface area contributed by atoms with Crippen molar-refractivity contribution in [2.24, 2.45) is 0 Å². The number of para-hydroxylation sites is 1. The molecule has 0 saturated heterocycles. The second-order valence-electron chi connectivity index (χ2n) is 4.55. The first-order valence-electron chi connectivity index (χ1n) is 7.09. The van der Waals surface area contributed by atoms with Crippen LogP contribution in [0.25, 0.3) is 0 Å². The van der Waals surface area contributed by atoms with Gasteiger partial charge in [0.05, 0.1) is 6.61 Å². The SMILES string of the molecule is CCOc1ccc(NC(=O)CCNc2ccccc2)cc1. The van der Waals surface area contributed by atoms with Crippen LogP contribution >= 0.6 is 0 Å². The van der Waals surface area contributed by atoms with Gasteiger partial charge in [0.25, 0.3) is 0 Å². The number of hydrogen-bond acceptors (Lipinski definition) is 3. The zero-order valence-corrected chi connectivity index (χ0v) is 12.1. The van der Waals surface area contributed by atoms with E-state index in [4.69, 9.17) is 4.74 Å². The first-order valence-corrected chi connectivity index (χ1v) is 7.09. The van der Waals surface area contributed by atoms with E-state index in [9.17, 15) is 4.79 Å². The second-order valence-corrected chi connectivity index (χ2v) is 4.55. The van der Waals surface area contributed by atoms with Crippen LogP contribution in [0, 0.1) is 0 Å². The molecule has 0 bridgehead atoms. The molecule has 0 atom stereocenters. The zero-order valence-electron chi connectivity index (χ0n) is 12.1. The molecule has 0 radical (unpaired) electrons. The fourth-order valence-electron chi connectivity index (χ4n) is 1.90. The van der Waals surface area contributed by atoms with Crippen molar-refractivity contribution in [2.45, 2.75) is 13.3 Å². The monoisotopic (exact) mass is 284 g/mol. The van der Waals surface area contributed by atoms with E-state index in [2.05, 4.69) is 10.6 Å². The van der Waals surface area contributed by atoms with E-state index in [-0.39, 0.29) is 5.91 Å². The Labute approximate surface area is 125 Å². The topological polar surface area (TPSA) is 50.4 Å². The zero-order chi connectivity index (χ0) is 14.9. The van der Waals surface area contributed by atoms with Crippen LogP contribution in [0.2, 0.25) is 0 Å².